The minimum Gasteiger partial charge on any atom is -0.484 e. The Hall–Kier alpha value is -2.22. The van der Waals surface area contributed by atoms with E-state index in [4.69, 9.17) is 11.2 Å². The van der Waals surface area contributed by atoms with Crippen molar-refractivity contribution in [3.05, 3.63) is 28.3 Å². The van der Waals surface area contributed by atoms with E-state index in [1.807, 2.05) is 13.8 Å². The van der Waals surface area contributed by atoms with Crippen molar-refractivity contribution in [3.63, 3.8) is 0 Å². The summed E-state index contributed by atoms with van der Waals surface area (Å²) < 4.78 is 5.49. The quantitative estimate of drug-likeness (QED) is 0.469. The Morgan fingerprint density at radius 2 is 2.20 bits per heavy atom. The van der Waals surface area contributed by atoms with Gasteiger partial charge in [0.05, 0.1) is 17.1 Å². The van der Waals surface area contributed by atoms with Gasteiger partial charge >= 0.3 is 5.69 Å². The van der Waals surface area contributed by atoms with Crippen LogP contribution in [0.25, 0.3) is 0 Å². The summed E-state index contributed by atoms with van der Waals surface area (Å²) in [6.45, 7) is 5.70. The molecule has 0 saturated heterocycles. The fourth-order valence-electron chi connectivity index (χ4n) is 1.79. The van der Waals surface area contributed by atoms with Crippen molar-refractivity contribution in [2.24, 2.45) is 0 Å². The standard InChI is InChI=1S/C15H20N2O3/c1-5-7-12(6-2)16-13-8-9-14(17(18)19)15(10-13)20-11(3)4/h2,8-12,16H,5,7H2,1,3-4H3. The third-order valence-electron chi connectivity index (χ3n) is 2.64. The Morgan fingerprint density at radius 1 is 1.50 bits per heavy atom. The van der Waals surface area contributed by atoms with Gasteiger partial charge in [0.2, 0.25) is 0 Å². The van der Waals surface area contributed by atoms with Crippen LogP contribution in [0.1, 0.15) is 33.6 Å². The van der Waals surface area contributed by atoms with Gasteiger partial charge in [0, 0.05) is 17.8 Å². The molecule has 0 aliphatic heterocycles. The van der Waals surface area contributed by atoms with Crippen LogP contribution >= 0.6 is 0 Å². The Balaban J connectivity index is 3.00. The summed E-state index contributed by atoms with van der Waals surface area (Å²) in [5, 5.41) is 14.1. The number of hydrogen-bond acceptors (Lipinski definition) is 4. The van der Waals surface area contributed by atoms with Gasteiger partial charge in [0.15, 0.2) is 5.75 Å². The number of ether oxygens (including phenoxy) is 1. The van der Waals surface area contributed by atoms with Crippen molar-refractivity contribution in [2.75, 3.05) is 5.32 Å². The number of benzene rings is 1. The highest BCUT2D eigenvalue weighted by Gasteiger charge is 2.17. The van der Waals surface area contributed by atoms with Crippen molar-refractivity contribution in [1.29, 1.82) is 0 Å². The van der Waals surface area contributed by atoms with Crippen LogP contribution in [-0.4, -0.2) is 17.1 Å². The number of hydrogen-bond donors (Lipinski definition) is 1. The van der Waals surface area contributed by atoms with Gasteiger partial charge in [-0.1, -0.05) is 19.3 Å². The van der Waals surface area contributed by atoms with Crippen molar-refractivity contribution < 1.29 is 9.66 Å². The molecule has 0 fully saturated rings. The third-order valence-corrected chi connectivity index (χ3v) is 2.64. The second kappa shape index (κ2) is 7.39. The van der Waals surface area contributed by atoms with Gasteiger partial charge in [0.1, 0.15) is 0 Å². The molecule has 0 amide bonds. The summed E-state index contributed by atoms with van der Waals surface area (Å²) in [6.07, 6.45) is 7.12. The van der Waals surface area contributed by atoms with Crippen LogP contribution in [0.3, 0.4) is 0 Å². The lowest BCUT2D eigenvalue weighted by molar-refractivity contribution is -0.386. The van der Waals surface area contributed by atoms with E-state index in [2.05, 4.69) is 18.2 Å². The second-order valence-electron chi connectivity index (χ2n) is 4.76. The lowest BCUT2D eigenvalue weighted by Crippen LogP contribution is -2.17. The fraction of sp³-hybridized carbons (Fsp3) is 0.467. The first-order valence-corrected chi connectivity index (χ1v) is 6.65. The third kappa shape index (κ3) is 4.47. The normalized spacial score (nSPS) is 11.8. The summed E-state index contributed by atoms with van der Waals surface area (Å²) in [5.41, 5.74) is 0.680. The van der Waals surface area contributed by atoms with E-state index in [0.717, 1.165) is 18.5 Å². The first-order valence-electron chi connectivity index (χ1n) is 6.65. The lowest BCUT2D eigenvalue weighted by Gasteiger charge is -2.15. The van der Waals surface area contributed by atoms with E-state index >= 15 is 0 Å². The van der Waals surface area contributed by atoms with Crippen LogP contribution in [0, 0.1) is 22.5 Å². The highest BCUT2D eigenvalue weighted by Crippen LogP contribution is 2.31. The molecule has 0 heterocycles. The van der Waals surface area contributed by atoms with Gasteiger partial charge in [-0.2, -0.15) is 0 Å². The number of terminal acetylenes is 1. The number of nitro groups is 1. The molecular formula is C15H20N2O3. The Kier molecular flexibility index (Phi) is 5.85. The Labute approximate surface area is 119 Å². The predicted molar refractivity (Wildman–Crippen MR) is 80.0 cm³/mol. The Morgan fingerprint density at radius 3 is 2.70 bits per heavy atom. The van der Waals surface area contributed by atoms with Gasteiger partial charge in [-0.25, -0.2) is 0 Å². The van der Waals surface area contributed by atoms with Gasteiger partial charge in [-0.15, -0.1) is 6.42 Å². The van der Waals surface area contributed by atoms with Crippen molar-refractivity contribution in [1.82, 2.24) is 0 Å². The number of nitro benzene ring substituents is 1. The number of nitrogens with one attached hydrogen (secondary N) is 1. The number of rotatable bonds is 7. The smallest absolute Gasteiger partial charge is 0.311 e. The maximum absolute atomic E-state index is 11.0. The predicted octanol–water partition coefficient (Wildman–Crippen LogP) is 3.60. The van der Waals surface area contributed by atoms with Crippen molar-refractivity contribution in [3.8, 4) is 18.1 Å². The van der Waals surface area contributed by atoms with Crippen LogP contribution < -0.4 is 10.1 Å². The molecule has 5 nitrogen and oxygen atoms in total. The van der Waals surface area contributed by atoms with Crippen LogP contribution in [-0.2, 0) is 0 Å². The summed E-state index contributed by atoms with van der Waals surface area (Å²) in [7, 11) is 0. The zero-order valence-corrected chi connectivity index (χ0v) is 12.1. The molecule has 0 aromatic heterocycles. The van der Waals surface area contributed by atoms with Gasteiger partial charge < -0.3 is 10.1 Å². The average Bonchev–Trinajstić information content (AvgIpc) is 2.37. The minimum absolute atomic E-state index is 0.0444. The van der Waals surface area contributed by atoms with Crippen LogP contribution in [0.2, 0.25) is 0 Å². The largest absolute Gasteiger partial charge is 0.484 e. The maximum Gasteiger partial charge on any atom is 0.311 e. The summed E-state index contributed by atoms with van der Waals surface area (Å²) in [6, 6.07) is 4.61. The number of nitrogens with zero attached hydrogens (tertiary/aromatic N) is 1. The maximum atomic E-state index is 11.0. The molecule has 1 aromatic carbocycles. The van der Waals surface area contributed by atoms with Gasteiger partial charge in [-0.3, -0.25) is 10.1 Å². The van der Waals surface area contributed by atoms with Gasteiger partial charge in [-0.05, 0) is 26.3 Å². The summed E-state index contributed by atoms with van der Waals surface area (Å²) in [5.74, 6) is 2.92. The van der Waals surface area contributed by atoms with Crippen LogP contribution in [0.15, 0.2) is 18.2 Å². The molecule has 0 saturated carbocycles. The first kappa shape index (κ1) is 15.8. The van der Waals surface area contributed by atoms with Crippen molar-refractivity contribution >= 4 is 11.4 Å². The highest BCUT2D eigenvalue weighted by atomic mass is 16.6. The molecule has 1 atom stereocenters. The lowest BCUT2D eigenvalue weighted by atomic mass is 10.1. The Bertz CT molecular complexity index is 506. The zero-order chi connectivity index (χ0) is 15.1. The van der Waals surface area contributed by atoms with Crippen molar-refractivity contribution in [2.45, 2.75) is 45.8 Å². The average molecular weight is 276 g/mol. The molecule has 0 radical (unpaired) electrons. The summed E-state index contributed by atoms with van der Waals surface area (Å²) >= 11 is 0. The molecule has 1 N–H and O–H groups in total. The molecule has 1 rings (SSSR count). The molecule has 1 unspecified atom stereocenters. The van der Waals surface area contributed by atoms with E-state index in [-0.39, 0.29) is 23.6 Å². The highest BCUT2D eigenvalue weighted by molar-refractivity contribution is 5.58. The molecule has 5 heteroatoms. The molecule has 108 valence electrons. The van der Waals surface area contributed by atoms with E-state index in [0.29, 0.717) is 0 Å². The molecule has 0 spiro atoms. The molecule has 1 aromatic rings. The second-order valence-corrected chi connectivity index (χ2v) is 4.76. The van der Waals surface area contributed by atoms with Crippen LogP contribution in [0.5, 0.6) is 5.75 Å². The molecule has 0 bridgehead atoms. The van der Waals surface area contributed by atoms with E-state index in [1.54, 1.807) is 12.1 Å². The minimum atomic E-state index is -0.452. The SMILES string of the molecule is C#CC(CCC)Nc1ccc([N+](=O)[O-])c(OC(C)C)c1. The monoisotopic (exact) mass is 276 g/mol. The van der Waals surface area contributed by atoms with E-state index < -0.39 is 4.92 Å². The molecule has 0 aliphatic carbocycles. The molecule has 0 aliphatic rings. The molecular weight excluding hydrogens is 256 g/mol. The zero-order valence-electron chi connectivity index (χ0n) is 12.1. The fourth-order valence-corrected chi connectivity index (χ4v) is 1.79. The molecule has 20 heavy (non-hydrogen) atoms. The summed E-state index contributed by atoms with van der Waals surface area (Å²) in [4.78, 5) is 10.5. The van der Waals surface area contributed by atoms with Gasteiger partial charge in [0.25, 0.3) is 0 Å². The number of anilines is 1. The van der Waals surface area contributed by atoms with Crippen LogP contribution in [0.4, 0.5) is 11.4 Å². The first-order chi connectivity index (χ1) is 9.47. The topological polar surface area (TPSA) is 64.4 Å². The van der Waals surface area contributed by atoms with E-state index in [9.17, 15) is 10.1 Å². The van der Waals surface area contributed by atoms with E-state index in [1.165, 1.54) is 6.07 Å².